The molecule has 1 fully saturated rings. The number of fused-ring (bicyclic) bond motifs is 1. The van der Waals surface area contributed by atoms with Gasteiger partial charge in [-0.3, -0.25) is 0 Å². The second kappa shape index (κ2) is 5.42. The molecule has 5 heteroatoms. The molecular formula is C17H18N4O. The second-order valence-corrected chi connectivity index (χ2v) is 5.49. The van der Waals surface area contributed by atoms with Crippen LogP contribution in [0.4, 0.5) is 5.82 Å². The van der Waals surface area contributed by atoms with Crippen LogP contribution < -0.4 is 4.90 Å². The first-order chi connectivity index (χ1) is 10.8. The zero-order chi connectivity index (χ0) is 14.9. The number of H-pyrrole nitrogens is 1. The van der Waals surface area contributed by atoms with Gasteiger partial charge in [-0.15, -0.1) is 0 Å². The largest absolute Gasteiger partial charge is 0.378 e. The normalized spacial score (nSPS) is 15.4. The highest BCUT2D eigenvalue weighted by Crippen LogP contribution is 2.34. The molecule has 1 aliphatic rings. The number of aromatic amines is 1. The SMILES string of the molecule is Cc1nc(N2CCOCC2)c2c(-c3ccccc3)c[nH]c2n1. The number of rotatable bonds is 2. The van der Waals surface area contributed by atoms with Gasteiger partial charge >= 0.3 is 0 Å². The van der Waals surface area contributed by atoms with Crippen molar-refractivity contribution in [2.24, 2.45) is 0 Å². The topological polar surface area (TPSA) is 54.0 Å². The highest BCUT2D eigenvalue weighted by Gasteiger charge is 2.20. The summed E-state index contributed by atoms with van der Waals surface area (Å²) in [5, 5.41) is 1.10. The molecule has 1 aliphatic heterocycles. The Morgan fingerprint density at radius 2 is 1.86 bits per heavy atom. The van der Waals surface area contributed by atoms with Crippen LogP contribution in [-0.4, -0.2) is 41.3 Å². The predicted molar refractivity (Wildman–Crippen MR) is 87.1 cm³/mol. The number of hydrogen-bond donors (Lipinski definition) is 1. The summed E-state index contributed by atoms with van der Waals surface area (Å²) in [6, 6.07) is 10.4. The molecule has 5 nitrogen and oxygen atoms in total. The Morgan fingerprint density at radius 1 is 1.09 bits per heavy atom. The minimum atomic E-state index is 0.746. The number of ether oxygens (including phenoxy) is 1. The average molecular weight is 294 g/mol. The first-order valence-corrected chi connectivity index (χ1v) is 7.57. The summed E-state index contributed by atoms with van der Waals surface area (Å²) in [7, 11) is 0. The molecule has 0 unspecified atom stereocenters. The van der Waals surface area contributed by atoms with Crippen LogP contribution in [0.25, 0.3) is 22.2 Å². The average Bonchev–Trinajstić information content (AvgIpc) is 2.99. The molecular weight excluding hydrogens is 276 g/mol. The summed E-state index contributed by atoms with van der Waals surface area (Å²) in [5.41, 5.74) is 3.22. The fourth-order valence-corrected chi connectivity index (χ4v) is 2.97. The van der Waals surface area contributed by atoms with E-state index in [0.717, 1.165) is 54.5 Å². The van der Waals surface area contributed by atoms with E-state index >= 15 is 0 Å². The van der Waals surface area contributed by atoms with Gasteiger partial charge in [-0.1, -0.05) is 30.3 Å². The first-order valence-electron chi connectivity index (χ1n) is 7.57. The van der Waals surface area contributed by atoms with Crippen LogP contribution in [0.15, 0.2) is 36.5 Å². The maximum atomic E-state index is 5.47. The van der Waals surface area contributed by atoms with Crippen molar-refractivity contribution in [2.75, 3.05) is 31.2 Å². The van der Waals surface area contributed by atoms with E-state index in [1.165, 1.54) is 5.56 Å². The van der Waals surface area contributed by atoms with Gasteiger partial charge in [0.1, 0.15) is 17.3 Å². The fraction of sp³-hybridized carbons (Fsp3) is 0.294. The van der Waals surface area contributed by atoms with Crippen LogP contribution in [0.2, 0.25) is 0 Å². The molecule has 0 saturated carbocycles. The van der Waals surface area contributed by atoms with Gasteiger partial charge in [-0.25, -0.2) is 9.97 Å². The maximum absolute atomic E-state index is 5.47. The minimum absolute atomic E-state index is 0.746. The van der Waals surface area contributed by atoms with Crippen molar-refractivity contribution in [2.45, 2.75) is 6.92 Å². The number of nitrogens with one attached hydrogen (secondary N) is 1. The Kier molecular flexibility index (Phi) is 3.27. The third-order valence-electron chi connectivity index (χ3n) is 4.02. The van der Waals surface area contributed by atoms with Crippen molar-refractivity contribution in [3.63, 3.8) is 0 Å². The van der Waals surface area contributed by atoms with Crippen molar-refractivity contribution in [1.29, 1.82) is 0 Å². The molecule has 1 N–H and O–H groups in total. The van der Waals surface area contributed by atoms with E-state index in [9.17, 15) is 0 Å². The van der Waals surface area contributed by atoms with Gasteiger partial charge in [0.2, 0.25) is 0 Å². The number of aromatic nitrogens is 3. The molecule has 0 amide bonds. The quantitative estimate of drug-likeness (QED) is 0.789. The Hall–Kier alpha value is -2.40. The molecule has 2 aromatic heterocycles. The molecule has 1 saturated heterocycles. The Labute approximate surface area is 129 Å². The van der Waals surface area contributed by atoms with Crippen LogP contribution in [-0.2, 0) is 4.74 Å². The lowest BCUT2D eigenvalue weighted by atomic mass is 10.1. The van der Waals surface area contributed by atoms with Crippen LogP contribution in [0, 0.1) is 6.92 Å². The molecule has 0 radical (unpaired) electrons. The number of benzene rings is 1. The molecule has 0 atom stereocenters. The third-order valence-corrected chi connectivity index (χ3v) is 4.02. The predicted octanol–water partition coefficient (Wildman–Crippen LogP) is 2.77. The van der Waals surface area contributed by atoms with E-state index in [1.807, 2.05) is 19.2 Å². The first kappa shape index (κ1) is 13.3. The molecule has 0 aliphatic carbocycles. The summed E-state index contributed by atoms with van der Waals surface area (Å²) < 4.78 is 5.47. The molecule has 0 spiro atoms. The number of anilines is 1. The van der Waals surface area contributed by atoms with Gasteiger partial charge in [0, 0.05) is 24.8 Å². The van der Waals surface area contributed by atoms with Crippen molar-refractivity contribution in [1.82, 2.24) is 15.0 Å². The number of aryl methyl sites for hydroxylation is 1. The van der Waals surface area contributed by atoms with Crippen LogP contribution in [0.3, 0.4) is 0 Å². The monoisotopic (exact) mass is 294 g/mol. The van der Waals surface area contributed by atoms with Crippen LogP contribution in [0.5, 0.6) is 0 Å². The van der Waals surface area contributed by atoms with Gasteiger partial charge in [0.05, 0.1) is 18.6 Å². The van der Waals surface area contributed by atoms with Crippen molar-refractivity contribution in [3.05, 3.63) is 42.4 Å². The Balaban J connectivity index is 1.92. The van der Waals surface area contributed by atoms with Crippen molar-refractivity contribution < 1.29 is 4.74 Å². The lowest BCUT2D eigenvalue weighted by molar-refractivity contribution is 0.122. The molecule has 3 heterocycles. The van der Waals surface area contributed by atoms with Gasteiger partial charge in [0.25, 0.3) is 0 Å². The molecule has 112 valence electrons. The van der Waals surface area contributed by atoms with Gasteiger partial charge in [-0.2, -0.15) is 0 Å². The highest BCUT2D eigenvalue weighted by atomic mass is 16.5. The second-order valence-electron chi connectivity index (χ2n) is 5.49. The maximum Gasteiger partial charge on any atom is 0.143 e. The summed E-state index contributed by atoms with van der Waals surface area (Å²) in [6.07, 6.45) is 2.03. The summed E-state index contributed by atoms with van der Waals surface area (Å²) in [6.45, 7) is 5.16. The van der Waals surface area contributed by atoms with E-state index in [2.05, 4.69) is 39.1 Å². The highest BCUT2D eigenvalue weighted by molar-refractivity contribution is 6.01. The summed E-state index contributed by atoms with van der Waals surface area (Å²) in [4.78, 5) is 14.9. The lowest BCUT2D eigenvalue weighted by Crippen LogP contribution is -2.37. The Morgan fingerprint density at radius 3 is 2.64 bits per heavy atom. The minimum Gasteiger partial charge on any atom is -0.378 e. The molecule has 4 rings (SSSR count). The number of nitrogens with zero attached hydrogens (tertiary/aromatic N) is 3. The molecule has 22 heavy (non-hydrogen) atoms. The number of hydrogen-bond acceptors (Lipinski definition) is 4. The van der Waals surface area contributed by atoms with Crippen LogP contribution in [0.1, 0.15) is 5.82 Å². The molecule has 3 aromatic rings. The fourth-order valence-electron chi connectivity index (χ4n) is 2.97. The van der Waals surface area contributed by atoms with Crippen LogP contribution >= 0.6 is 0 Å². The van der Waals surface area contributed by atoms with Gasteiger partial charge in [-0.05, 0) is 12.5 Å². The third kappa shape index (κ3) is 2.23. The van der Waals surface area contributed by atoms with E-state index in [-0.39, 0.29) is 0 Å². The zero-order valence-electron chi connectivity index (χ0n) is 12.5. The summed E-state index contributed by atoms with van der Waals surface area (Å²) in [5.74, 6) is 1.79. The van der Waals surface area contributed by atoms with Gasteiger partial charge in [0.15, 0.2) is 0 Å². The zero-order valence-corrected chi connectivity index (χ0v) is 12.5. The van der Waals surface area contributed by atoms with Gasteiger partial charge < -0.3 is 14.6 Å². The standard InChI is InChI=1S/C17H18N4O/c1-12-19-16-15(17(20-12)21-7-9-22-10-8-21)14(11-18-16)13-5-3-2-4-6-13/h2-6,11H,7-10H2,1H3,(H,18,19,20). The van der Waals surface area contributed by atoms with Crippen molar-refractivity contribution >= 4 is 16.9 Å². The van der Waals surface area contributed by atoms with E-state index in [1.54, 1.807) is 0 Å². The van der Waals surface area contributed by atoms with E-state index in [0.29, 0.717) is 0 Å². The molecule has 0 bridgehead atoms. The summed E-state index contributed by atoms with van der Waals surface area (Å²) >= 11 is 0. The van der Waals surface area contributed by atoms with E-state index < -0.39 is 0 Å². The van der Waals surface area contributed by atoms with Crippen molar-refractivity contribution in [3.8, 4) is 11.1 Å². The molecule has 1 aromatic carbocycles. The van der Waals surface area contributed by atoms with E-state index in [4.69, 9.17) is 9.72 Å². The smallest absolute Gasteiger partial charge is 0.143 e. The Bertz CT molecular complexity index is 791. The lowest BCUT2D eigenvalue weighted by Gasteiger charge is -2.28. The number of morpholine rings is 1.